The van der Waals surface area contributed by atoms with Gasteiger partial charge in [0.15, 0.2) is 0 Å². The van der Waals surface area contributed by atoms with Crippen LogP contribution in [0.25, 0.3) is 0 Å². The summed E-state index contributed by atoms with van der Waals surface area (Å²) in [5.74, 6) is 0.854. The first-order chi connectivity index (χ1) is 10.8. The minimum absolute atomic E-state index is 0.713. The van der Waals surface area contributed by atoms with Gasteiger partial charge in [0.05, 0.1) is 23.5 Å². The molecule has 1 fully saturated rings. The molecule has 2 aromatic rings. The molecule has 0 aromatic carbocycles. The van der Waals surface area contributed by atoms with Crippen molar-refractivity contribution in [1.29, 1.82) is 0 Å². The summed E-state index contributed by atoms with van der Waals surface area (Å²) >= 11 is 6.22. The first-order valence-electron chi connectivity index (χ1n) is 7.32. The molecule has 0 saturated carbocycles. The van der Waals surface area contributed by atoms with E-state index in [1.807, 2.05) is 18.2 Å². The molecular formula is C16H19ClN4O. The Labute approximate surface area is 135 Å². The monoisotopic (exact) mass is 318 g/mol. The lowest BCUT2D eigenvalue weighted by molar-refractivity contribution is 0.246. The number of hydrogen-bond donors (Lipinski definition) is 0. The Morgan fingerprint density at radius 1 is 1.18 bits per heavy atom. The predicted molar refractivity (Wildman–Crippen MR) is 87.5 cm³/mol. The average molecular weight is 319 g/mol. The third-order valence-electron chi connectivity index (χ3n) is 3.87. The van der Waals surface area contributed by atoms with Crippen molar-refractivity contribution in [2.45, 2.75) is 6.54 Å². The summed E-state index contributed by atoms with van der Waals surface area (Å²) in [6, 6.07) is 5.83. The zero-order valence-electron chi connectivity index (χ0n) is 12.6. The molecule has 6 heteroatoms. The number of ether oxygens (including phenoxy) is 1. The number of methoxy groups -OCH3 is 1. The standard InChI is InChI=1S/C16H19ClN4O/c1-22-14-2-5-19-13(10-14)12-20-6-8-21(9-7-20)16-3-4-18-11-15(16)17/h2-5,10-11H,6-9,12H2,1H3. The molecule has 1 aliphatic rings. The number of pyridine rings is 2. The Bertz CT molecular complexity index is 629. The number of aromatic nitrogens is 2. The molecule has 1 saturated heterocycles. The average Bonchev–Trinajstić information content (AvgIpc) is 2.56. The van der Waals surface area contributed by atoms with Crippen molar-refractivity contribution < 1.29 is 4.74 Å². The molecule has 0 radical (unpaired) electrons. The molecule has 1 aliphatic heterocycles. The van der Waals surface area contributed by atoms with Crippen LogP contribution < -0.4 is 9.64 Å². The maximum atomic E-state index is 6.22. The lowest BCUT2D eigenvalue weighted by atomic mass is 10.2. The normalized spacial score (nSPS) is 15.8. The molecule has 0 amide bonds. The van der Waals surface area contributed by atoms with Gasteiger partial charge in [-0.1, -0.05) is 11.6 Å². The number of piperazine rings is 1. The number of halogens is 1. The third kappa shape index (κ3) is 3.48. The van der Waals surface area contributed by atoms with Gasteiger partial charge in [-0.3, -0.25) is 14.9 Å². The molecule has 0 atom stereocenters. The molecule has 0 N–H and O–H groups in total. The van der Waals surface area contributed by atoms with Gasteiger partial charge in [0.2, 0.25) is 0 Å². The van der Waals surface area contributed by atoms with Crippen LogP contribution in [0.2, 0.25) is 5.02 Å². The lowest BCUT2D eigenvalue weighted by Gasteiger charge is -2.36. The SMILES string of the molecule is COc1ccnc(CN2CCN(c3ccncc3Cl)CC2)c1. The van der Waals surface area contributed by atoms with Crippen molar-refractivity contribution in [1.82, 2.24) is 14.9 Å². The summed E-state index contributed by atoms with van der Waals surface area (Å²) in [5, 5.41) is 0.713. The number of anilines is 1. The Hall–Kier alpha value is -1.85. The first-order valence-corrected chi connectivity index (χ1v) is 7.70. The van der Waals surface area contributed by atoms with Crippen molar-refractivity contribution in [3.63, 3.8) is 0 Å². The van der Waals surface area contributed by atoms with Crippen LogP contribution in [0.4, 0.5) is 5.69 Å². The Kier molecular flexibility index (Phi) is 4.75. The predicted octanol–water partition coefficient (Wildman–Crippen LogP) is 2.46. The minimum Gasteiger partial charge on any atom is -0.497 e. The molecule has 5 nitrogen and oxygen atoms in total. The Morgan fingerprint density at radius 3 is 2.73 bits per heavy atom. The maximum absolute atomic E-state index is 6.22. The van der Waals surface area contributed by atoms with E-state index >= 15 is 0 Å². The molecule has 22 heavy (non-hydrogen) atoms. The molecule has 3 rings (SSSR count). The zero-order chi connectivity index (χ0) is 15.4. The molecule has 0 spiro atoms. The molecule has 0 bridgehead atoms. The van der Waals surface area contributed by atoms with Crippen LogP contribution in [0.15, 0.2) is 36.8 Å². The van der Waals surface area contributed by atoms with Gasteiger partial charge in [0, 0.05) is 57.4 Å². The summed E-state index contributed by atoms with van der Waals surface area (Å²) in [4.78, 5) is 13.1. The second-order valence-electron chi connectivity index (χ2n) is 5.28. The summed E-state index contributed by atoms with van der Waals surface area (Å²) in [5.41, 5.74) is 2.10. The molecule has 2 aromatic heterocycles. The van der Waals surface area contributed by atoms with Gasteiger partial charge in [-0.25, -0.2) is 0 Å². The van der Waals surface area contributed by atoms with E-state index in [0.29, 0.717) is 5.02 Å². The fourth-order valence-electron chi connectivity index (χ4n) is 2.67. The minimum atomic E-state index is 0.713. The van der Waals surface area contributed by atoms with E-state index in [9.17, 15) is 0 Å². The summed E-state index contributed by atoms with van der Waals surface area (Å²) < 4.78 is 5.24. The van der Waals surface area contributed by atoms with Crippen LogP contribution in [0.3, 0.4) is 0 Å². The largest absolute Gasteiger partial charge is 0.497 e. The summed E-state index contributed by atoms with van der Waals surface area (Å²) in [6.45, 7) is 4.71. The smallest absolute Gasteiger partial charge is 0.122 e. The molecule has 116 valence electrons. The highest BCUT2D eigenvalue weighted by molar-refractivity contribution is 6.33. The fraction of sp³-hybridized carbons (Fsp3) is 0.375. The van der Waals surface area contributed by atoms with Crippen LogP contribution in [0.5, 0.6) is 5.75 Å². The highest BCUT2D eigenvalue weighted by Gasteiger charge is 2.19. The second kappa shape index (κ2) is 6.94. The number of hydrogen-bond acceptors (Lipinski definition) is 5. The van der Waals surface area contributed by atoms with Gasteiger partial charge < -0.3 is 9.64 Å². The van der Waals surface area contributed by atoms with Crippen molar-refractivity contribution in [3.8, 4) is 5.75 Å². The van der Waals surface area contributed by atoms with Crippen molar-refractivity contribution in [3.05, 3.63) is 47.5 Å². The van der Waals surface area contributed by atoms with Gasteiger partial charge in [-0.15, -0.1) is 0 Å². The van der Waals surface area contributed by atoms with E-state index in [4.69, 9.17) is 16.3 Å². The van der Waals surface area contributed by atoms with Crippen molar-refractivity contribution >= 4 is 17.3 Å². The Balaban J connectivity index is 1.59. The van der Waals surface area contributed by atoms with E-state index in [2.05, 4.69) is 19.8 Å². The van der Waals surface area contributed by atoms with E-state index in [0.717, 1.165) is 49.9 Å². The van der Waals surface area contributed by atoms with Crippen LogP contribution in [-0.2, 0) is 6.54 Å². The molecule has 0 unspecified atom stereocenters. The number of nitrogens with zero attached hydrogens (tertiary/aromatic N) is 4. The van der Waals surface area contributed by atoms with Gasteiger partial charge in [-0.2, -0.15) is 0 Å². The van der Waals surface area contributed by atoms with Gasteiger partial charge >= 0.3 is 0 Å². The van der Waals surface area contributed by atoms with Crippen LogP contribution in [-0.4, -0.2) is 48.2 Å². The second-order valence-corrected chi connectivity index (χ2v) is 5.68. The lowest BCUT2D eigenvalue weighted by Crippen LogP contribution is -2.46. The molecular weight excluding hydrogens is 300 g/mol. The molecule has 3 heterocycles. The van der Waals surface area contributed by atoms with Crippen molar-refractivity contribution in [2.24, 2.45) is 0 Å². The van der Waals surface area contributed by atoms with Crippen LogP contribution in [0.1, 0.15) is 5.69 Å². The van der Waals surface area contributed by atoms with Crippen LogP contribution >= 0.6 is 11.6 Å². The third-order valence-corrected chi connectivity index (χ3v) is 4.16. The highest BCUT2D eigenvalue weighted by Crippen LogP contribution is 2.25. The van der Waals surface area contributed by atoms with Gasteiger partial charge in [0.1, 0.15) is 5.75 Å². The van der Waals surface area contributed by atoms with Crippen molar-refractivity contribution in [2.75, 3.05) is 38.2 Å². The maximum Gasteiger partial charge on any atom is 0.122 e. The summed E-state index contributed by atoms with van der Waals surface area (Å²) in [7, 11) is 1.68. The number of rotatable bonds is 4. The first kappa shape index (κ1) is 15.1. The van der Waals surface area contributed by atoms with Gasteiger partial charge in [0.25, 0.3) is 0 Å². The highest BCUT2D eigenvalue weighted by atomic mass is 35.5. The summed E-state index contributed by atoms with van der Waals surface area (Å²) in [6.07, 6.45) is 5.28. The zero-order valence-corrected chi connectivity index (χ0v) is 13.3. The van der Waals surface area contributed by atoms with E-state index in [1.165, 1.54) is 0 Å². The van der Waals surface area contributed by atoms with E-state index in [1.54, 1.807) is 25.7 Å². The van der Waals surface area contributed by atoms with Gasteiger partial charge in [-0.05, 0) is 12.1 Å². The van der Waals surface area contributed by atoms with E-state index in [-0.39, 0.29) is 0 Å². The topological polar surface area (TPSA) is 41.5 Å². The van der Waals surface area contributed by atoms with Crippen LogP contribution in [0, 0.1) is 0 Å². The quantitative estimate of drug-likeness (QED) is 0.866. The fourth-order valence-corrected chi connectivity index (χ4v) is 2.91. The Morgan fingerprint density at radius 2 is 2.00 bits per heavy atom. The van der Waals surface area contributed by atoms with E-state index < -0.39 is 0 Å². The molecule has 0 aliphatic carbocycles.